The molecule has 1 aliphatic heterocycles. The first-order valence-electron chi connectivity index (χ1n) is 13.7. The zero-order valence-corrected chi connectivity index (χ0v) is 25.2. The van der Waals surface area contributed by atoms with Crippen LogP contribution in [0.2, 0.25) is 0 Å². The second-order valence-electron chi connectivity index (χ2n) is 13.0. The van der Waals surface area contributed by atoms with E-state index in [9.17, 15) is 45.7 Å². The summed E-state index contributed by atoms with van der Waals surface area (Å²) in [4.78, 5) is 18.2. The Kier molecular flexibility index (Phi) is 8.11. The van der Waals surface area contributed by atoms with E-state index in [2.05, 4.69) is 15.2 Å². The van der Waals surface area contributed by atoms with Crippen molar-refractivity contribution in [1.82, 2.24) is 20.1 Å². The first kappa shape index (κ1) is 34.2. The van der Waals surface area contributed by atoms with Crippen LogP contribution < -0.4 is 0 Å². The maximum absolute atomic E-state index is 14.8. The number of amides is 1. The molecule has 0 unspecified atom stereocenters. The van der Waals surface area contributed by atoms with E-state index in [-0.39, 0.29) is 24.2 Å². The number of halogens is 7. The maximum Gasteiger partial charge on any atom is 0.435 e. The number of likely N-dealkylation sites (tertiary alicyclic amines) is 1. The smallest absolute Gasteiger partial charge is 0.435 e. The number of carbonyl (C=O) groups excluding carboxylic acids is 1. The van der Waals surface area contributed by atoms with Gasteiger partial charge in [-0.25, -0.2) is 9.18 Å². The van der Waals surface area contributed by atoms with E-state index in [0.29, 0.717) is 29.1 Å². The number of nitrogens with zero attached hydrogens (tertiary/aromatic N) is 3. The molecule has 15 heteroatoms. The molecule has 1 amide bonds. The summed E-state index contributed by atoms with van der Waals surface area (Å²) < 4.78 is 101. The monoisotopic (exact) mass is 646 g/mol. The Hall–Kier alpha value is -3.72. The number of hydrogen-bond donors (Lipinski definition) is 3. The maximum atomic E-state index is 14.8. The molecule has 246 valence electrons. The second kappa shape index (κ2) is 10.7. The molecule has 1 aromatic carbocycles. The van der Waals surface area contributed by atoms with Crippen molar-refractivity contribution in [3.63, 3.8) is 0 Å². The Balaban J connectivity index is 1.83. The first-order chi connectivity index (χ1) is 20.3. The molecule has 0 bridgehead atoms. The van der Waals surface area contributed by atoms with Crippen LogP contribution in [-0.4, -0.2) is 67.4 Å². The number of ether oxygens (including phenoxy) is 1. The van der Waals surface area contributed by atoms with Crippen molar-refractivity contribution in [2.45, 2.75) is 76.4 Å². The van der Waals surface area contributed by atoms with Gasteiger partial charge in [0.05, 0.1) is 11.4 Å². The molecule has 4 rings (SSSR count). The van der Waals surface area contributed by atoms with Gasteiger partial charge in [-0.1, -0.05) is 31.2 Å². The fourth-order valence-corrected chi connectivity index (χ4v) is 5.33. The van der Waals surface area contributed by atoms with Crippen LogP contribution in [0.3, 0.4) is 0 Å². The van der Waals surface area contributed by atoms with Crippen molar-refractivity contribution in [3.8, 4) is 11.3 Å². The lowest BCUT2D eigenvalue weighted by Gasteiger charge is -2.56. The average Bonchev–Trinajstić information content (AvgIpc) is 3.39. The minimum atomic E-state index is -6.32. The van der Waals surface area contributed by atoms with E-state index in [1.54, 1.807) is 33.8 Å². The van der Waals surface area contributed by atoms with Gasteiger partial charge < -0.3 is 19.8 Å². The van der Waals surface area contributed by atoms with Crippen molar-refractivity contribution in [2.24, 2.45) is 5.41 Å². The number of rotatable bonds is 6. The predicted molar refractivity (Wildman–Crippen MR) is 147 cm³/mol. The van der Waals surface area contributed by atoms with Gasteiger partial charge in [-0.15, -0.1) is 0 Å². The Morgan fingerprint density at radius 2 is 1.40 bits per heavy atom. The van der Waals surface area contributed by atoms with Crippen molar-refractivity contribution in [1.29, 1.82) is 0 Å². The summed E-state index contributed by atoms with van der Waals surface area (Å²) in [5.41, 5.74) is -12.1. The minimum Gasteiger partial charge on any atom is -0.444 e. The fourth-order valence-electron chi connectivity index (χ4n) is 5.33. The van der Waals surface area contributed by atoms with Crippen LogP contribution in [0.5, 0.6) is 0 Å². The quantitative estimate of drug-likeness (QED) is 0.265. The van der Waals surface area contributed by atoms with Crippen LogP contribution in [0.4, 0.5) is 35.5 Å². The summed E-state index contributed by atoms with van der Waals surface area (Å²) in [6.45, 7) is 9.33. The van der Waals surface area contributed by atoms with Gasteiger partial charge >= 0.3 is 24.1 Å². The lowest BCUT2D eigenvalue weighted by Crippen LogP contribution is -2.66. The van der Waals surface area contributed by atoms with Gasteiger partial charge in [0, 0.05) is 47.6 Å². The highest BCUT2D eigenvalue weighted by Gasteiger charge is 2.73. The molecule has 3 aromatic rings. The van der Waals surface area contributed by atoms with Gasteiger partial charge in [-0.2, -0.15) is 31.4 Å². The summed E-state index contributed by atoms with van der Waals surface area (Å²) in [6, 6.07) is 5.24. The van der Waals surface area contributed by atoms with E-state index >= 15 is 0 Å². The summed E-state index contributed by atoms with van der Waals surface area (Å²) in [6.07, 6.45) is -10.7. The van der Waals surface area contributed by atoms with Gasteiger partial charge in [0.15, 0.2) is 0 Å². The molecule has 1 atom stereocenters. The van der Waals surface area contributed by atoms with E-state index < -0.39 is 51.9 Å². The lowest BCUT2D eigenvalue weighted by molar-refractivity contribution is -0.348. The molecule has 2 aromatic heterocycles. The number of aromatic nitrogens is 3. The van der Waals surface area contributed by atoms with E-state index in [0.717, 1.165) is 12.1 Å². The summed E-state index contributed by atoms with van der Waals surface area (Å²) in [7, 11) is 0. The third kappa shape index (κ3) is 5.99. The molecule has 1 aliphatic rings. The summed E-state index contributed by atoms with van der Waals surface area (Å²) in [5.74, 6) is 0. The molecule has 1 saturated heterocycles. The fraction of sp³-hybridized carbons (Fsp3) is 0.500. The summed E-state index contributed by atoms with van der Waals surface area (Å²) in [5, 5.41) is 29.6. The molecule has 45 heavy (non-hydrogen) atoms. The number of benzene rings is 1. The highest BCUT2D eigenvalue weighted by atomic mass is 19.4. The summed E-state index contributed by atoms with van der Waals surface area (Å²) >= 11 is 0. The largest absolute Gasteiger partial charge is 0.444 e. The van der Waals surface area contributed by atoms with Crippen LogP contribution in [0, 0.1) is 5.41 Å². The zero-order chi connectivity index (χ0) is 34.0. The van der Waals surface area contributed by atoms with Crippen LogP contribution in [0.25, 0.3) is 11.3 Å². The molecular formula is C30H33F7N4O4. The highest BCUT2D eigenvalue weighted by molar-refractivity contribution is 5.70. The van der Waals surface area contributed by atoms with E-state index in [1.807, 2.05) is 0 Å². The Bertz CT molecular complexity index is 1540. The molecular weight excluding hydrogens is 613 g/mol. The topological polar surface area (TPSA) is 112 Å². The van der Waals surface area contributed by atoms with Gasteiger partial charge in [-0.05, 0) is 52.3 Å². The normalized spacial score (nSPS) is 17.4. The number of aromatic amines is 1. The van der Waals surface area contributed by atoms with Gasteiger partial charge in [-0.3, -0.25) is 10.1 Å². The molecule has 1 fully saturated rings. The molecule has 3 heterocycles. The van der Waals surface area contributed by atoms with Crippen LogP contribution in [-0.2, 0) is 21.6 Å². The van der Waals surface area contributed by atoms with Crippen molar-refractivity contribution < 1.29 is 50.5 Å². The molecule has 0 saturated carbocycles. The van der Waals surface area contributed by atoms with Crippen molar-refractivity contribution >= 4 is 6.09 Å². The first-order valence-corrected chi connectivity index (χ1v) is 13.7. The third-order valence-corrected chi connectivity index (χ3v) is 7.78. The average molecular weight is 647 g/mol. The molecule has 3 N–H and O–H groups in total. The molecule has 0 radical (unpaired) electrons. The van der Waals surface area contributed by atoms with E-state index in [4.69, 9.17) is 4.74 Å². The van der Waals surface area contributed by atoms with E-state index in [1.165, 1.54) is 37.2 Å². The van der Waals surface area contributed by atoms with Gasteiger partial charge in [0.2, 0.25) is 0 Å². The molecule has 8 nitrogen and oxygen atoms in total. The number of alkyl halides is 7. The number of aliphatic hydroxyl groups is 2. The second-order valence-corrected chi connectivity index (χ2v) is 13.0. The minimum absolute atomic E-state index is 0.0602. The number of nitrogens with one attached hydrogen (secondary N) is 1. The number of H-pyrrole nitrogens is 1. The van der Waals surface area contributed by atoms with Crippen molar-refractivity contribution in [2.75, 3.05) is 13.1 Å². The molecule has 0 aliphatic carbocycles. The standard InChI is InChI=1S/C30H33F7N4O4/c1-24(2,3)45-23(42)41-15-26(6,16-41)27(44,18-7-9-19(10-8-18)28(31,29(32,33)34)30(35,36)37)20-11-17(13-38-14-20)21-12-22(40-39-21)25(4,5)43/h7-14,43-44H,15-16H2,1-6H3,(H,39,40)/t27-/m0/s1. The Labute approximate surface area is 254 Å². The lowest BCUT2D eigenvalue weighted by atomic mass is 9.62. The SMILES string of the molecule is CC(C)(C)OC(=O)N1CC(C)([C@](O)(c2ccc(C(F)(C(F)(F)F)C(F)(F)F)cc2)c2cncc(-c3cc(C(C)(C)O)[nH]n3)c2)C1. The van der Waals surface area contributed by atoms with Crippen LogP contribution >= 0.6 is 0 Å². The van der Waals surface area contributed by atoms with Crippen LogP contribution in [0.1, 0.15) is 63.9 Å². The van der Waals surface area contributed by atoms with Gasteiger partial charge in [0.25, 0.3) is 0 Å². The Morgan fingerprint density at radius 3 is 1.87 bits per heavy atom. The third-order valence-electron chi connectivity index (χ3n) is 7.78. The highest BCUT2D eigenvalue weighted by Crippen LogP contribution is 2.55. The zero-order valence-electron chi connectivity index (χ0n) is 25.2. The van der Waals surface area contributed by atoms with Crippen LogP contribution in [0.15, 0.2) is 48.8 Å². The number of pyridine rings is 1. The number of carbonyl (C=O) groups is 1. The van der Waals surface area contributed by atoms with Crippen molar-refractivity contribution in [3.05, 3.63) is 71.2 Å². The Morgan fingerprint density at radius 1 is 0.867 bits per heavy atom. The molecule has 0 spiro atoms. The van der Waals surface area contributed by atoms with Gasteiger partial charge in [0.1, 0.15) is 16.8 Å². The number of hydrogen-bond acceptors (Lipinski definition) is 6. The predicted octanol–water partition coefficient (Wildman–Crippen LogP) is 6.48.